The average molecular weight is 387 g/mol. The molecular weight excluding hydrogens is 364 g/mol. The molecule has 1 aromatic heterocycles. The number of nitrogens with zero attached hydrogens (tertiary/aromatic N) is 3. The maximum Gasteiger partial charge on any atom is 0.317 e. The van der Waals surface area contributed by atoms with Crippen molar-refractivity contribution in [2.45, 2.75) is 13.5 Å². The van der Waals surface area contributed by atoms with E-state index in [0.717, 1.165) is 16.9 Å². The van der Waals surface area contributed by atoms with Crippen LogP contribution >= 0.6 is 11.6 Å². The summed E-state index contributed by atoms with van der Waals surface area (Å²) >= 11 is 5.92. The van der Waals surface area contributed by atoms with Gasteiger partial charge in [-0.3, -0.25) is 0 Å². The van der Waals surface area contributed by atoms with Gasteiger partial charge in [0, 0.05) is 25.2 Å². The molecule has 0 unspecified atom stereocenters. The van der Waals surface area contributed by atoms with Gasteiger partial charge in [-0.05, 0) is 37.3 Å². The summed E-state index contributed by atoms with van der Waals surface area (Å²) in [6.07, 6.45) is 0. The lowest BCUT2D eigenvalue weighted by molar-refractivity contribution is 0.195. The molecule has 0 bridgehead atoms. The van der Waals surface area contributed by atoms with E-state index >= 15 is 0 Å². The molecular formula is C20H23ClN4O2. The van der Waals surface area contributed by atoms with Gasteiger partial charge in [-0.25, -0.2) is 9.78 Å². The third-order valence-electron chi connectivity index (χ3n) is 4.30. The highest BCUT2D eigenvalue weighted by molar-refractivity contribution is 6.30. The standard InChI is InChI=1S/C20H23ClN4O2/c1-15-23-18-8-3-4-9-19(18)25(15)11-10-22-20(26)24(2)12-13-27-17-7-5-6-16(21)14-17/h3-9,14H,10-13H2,1-2H3,(H,22,26). The lowest BCUT2D eigenvalue weighted by Crippen LogP contribution is -2.40. The number of nitrogens with one attached hydrogen (secondary N) is 1. The van der Waals surface area contributed by atoms with E-state index in [1.165, 1.54) is 0 Å². The largest absolute Gasteiger partial charge is 0.492 e. The van der Waals surface area contributed by atoms with Gasteiger partial charge in [0.25, 0.3) is 0 Å². The molecule has 0 spiro atoms. The minimum Gasteiger partial charge on any atom is -0.492 e. The number of amides is 2. The van der Waals surface area contributed by atoms with Gasteiger partial charge < -0.3 is 19.5 Å². The van der Waals surface area contributed by atoms with Crippen molar-refractivity contribution in [1.29, 1.82) is 0 Å². The molecule has 0 atom stereocenters. The predicted octanol–water partition coefficient (Wildman–Crippen LogP) is 3.72. The highest BCUT2D eigenvalue weighted by Gasteiger charge is 2.10. The summed E-state index contributed by atoms with van der Waals surface area (Å²) in [6.45, 7) is 4.05. The van der Waals surface area contributed by atoms with E-state index in [1.54, 1.807) is 24.1 Å². The molecule has 2 aromatic carbocycles. The SMILES string of the molecule is Cc1nc2ccccc2n1CCNC(=O)N(C)CCOc1cccc(Cl)c1. The van der Waals surface area contributed by atoms with Crippen LogP contribution in [0.2, 0.25) is 5.02 Å². The van der Waals surface area contributed by atoms with Crippen LogP contribution in [0.3, 0.4) is 0 Å². The first-order chi connectivity index (χ1) is 13.0. The second-order valence-electron chi connectivity index (χ2n) is 6.26. The van der Waals surface area contributed by atoms with Crippen LogP contribution in [-0.2, 0) is 6.54 Å². The number of halogens is 1. The molecule has 142 valence electrons. The molecule has 3 aromatic rings. The Morgan fingerprint density at radius 1 is 1.26 bits per heavy atom. The van der Waals surface area contributed by atoms with Crippen LogP contribution in [-0.4, -0.2) is 47.2 Å². The highest BCUT2D eigenvalue weighted by Crippen LogP contribution is 2.17. The van der Waals surface area contributed by atoms with E-state index in [2.05, 4.69) is 14.9 Å². The number of likely N-dealkylation sites (N-methyl/N-ethyl adjacent to an activating group) is 1. The fourth-order valence-corrected chi connectivity index (χ4v) is 3.03. The number of carbonyl (C=O) groups excluding carboxylic acids is 1. The molecule has 0 aliphatic rings. The Kier molecular flexibility index (Phi) is 6.19. The summed E-state index contributed by atoms with van der Waals surface area (Å²) in [5, 5.41) is 3.56. The smallest absolute Gasteiger partial charge is 0.317 e. The molecule has 1 heterocycles. The number of benzene rings is 2. The first-order valence-electron chi connectivity index (χ1n) is 8.84. The van der Waals surface area contributed by atoms with Gasteiger partial charge in [-0.15, -0.1) is 0 Å². The lowest BCUT2D eigenvalue weighted by atomic mass is 10.3. The third kappa shape index (κ3) is 4.92. The van der Waals surface area contributed by atoms with Gasteiger partial charge in [-0.1, -0.05) is 29.8 Å². The van der Waals surface area contributed by atoms with Crippen LogP contribution < -0.4 is 10.1 Å². The fourth-order valence-electron chi connectivity index (χ4n) is 2.85. The molecule has 2 amide bonds. The third-order valence-corrected chi connectivity index (χ3v) is 4.53. The number of hydrogen-bond acceptors (Lipinski definition) is 3. The summed E-state index contributed by atoms with van der Waals surface area (Å²) in [5.74, 6) is 1.63. The average Bonchev–Trinajstić information content (AvgIpc) is 2.97. The topological polar surface area (TPSA) is 59.4 Å². The molecule has 7 heteroatoms. The molecule has 1 N–H and O–H groups in total. The Bertz CT molecular complexity index is 925. The minimum atomic E-state index is -0.133. The Hall–Kier alpha value is -2.73. The lowest BCUT2D eigenvalue weighted by Gasteiger charge is -2.18. The number of aryl methyl sites for hydroxylation is 1. The Morgan fingerprint density at radius 3 is 2.89 bits per heavy atom. The summed E-state index contributed by atoms with van der Waals surface area (Å²) < 4.78 is 7.73. The number of fused-ring (bicyclic) bond motifs is 1. The second kappa shape index (κ2) is 8.77. The van der Waals surface area contributed by atoms with Crippen molar-refractivity contribution in [1.82, 2.24) is 19.8 Å². The number of rotatable bonds is 7. The van der Waals surface area contributed by atoms with Crippen LogP contribution in [0.4, 0.5) is 4.79 Å². The van der Waals surface area contributed by atoms with E-state index < -0.39 is 0 Å². The van der Waals surface area contributed by atoms with Crippen molar-refractivity contribution in [3.63, 3.8) is 0 Å². The van der Waals surface area contributed by atoms with Crippen LogP contribution in [0.15, 0.2) is 48.5 Å². The van der Waals surface area contributed by atoms with Crippen molar-refractivity contribution in [2.24, 2.45) is 0 Å². The highest BCUT2D eigenvalue weighted by atomic mass is 35.5. The Morgan fingerprint density at radius 2 is 2.07 bits per heavy atom. The van der Waals surface area contributed by atoms with Crippen LogP contribution in [0.1, 0.15) is 5.82 Å². The van der Waals surface area contributed by atoms with E-state index in [-0.39, 0.29) is 6.03 Å². The van der Waals surface area contributed by atoms with Crippen LogP contribution in [0, 0.1) is 6.92 Å². The molecule has 0 saturated carbocycles. The molecule has 6 nitrogen and oxygen atoms in total. The molecule has 0 aliphatic heterocycles. The Balaban J connectivity index is 1.44. The van der Waals surface area contributed by atoms with Crippen molar-refractivity contribution in [3.8, 4) is 5.75 Å². The first-order valence-corrected chi connectivity index (χ1v) is 9.21. The molecule has 0 saturated heterocycles. The number of ether oxygens (including phenoxy) is 1. The quantitative estimate of drug-likeness (QED) is 0.673. The zero-order chi connectivity index (χ0) is 19.2. The number of para-hydroxylation sites is 2. The number of aromatic nitrogens is 2. The number of carbonyl (C=O) groups is 1. The second-order valence-corrected chi connectivity index (χ2v) is 6.70. The van der Waals surface area contributed by atoms with E-state index in [0.29, 0.717) is 37.0 Å². The monoisotopic (exact) mass is 386 g/mol. The molecule has 0 fully saturated rings. The maximum absolute atomic E-state index is 12.2. The van der Waals surface area contributed by atoms with E-state index in [1.807, 2.05) is 43.3 Å². The normalized spacial score (nSPS) is 10.8. The summed E-state index contributed by atoms with van der Waals surface area (Å²) in [5.41, 5.74) is 2.05. The fraction of sp³-hybridized carbons (Fsp3) is 0.300. The van der Waals surface area contributed by atoms with Gasteiger partial charge in [0.1, 0.15) is 18.2 Å². The van der Waals surface area contributed by atoms with E-state index in [9.17, 15) is 4.79 Å². The van der Waals surface area contributed by atoms with Gasteiger partial charge in [0.2, 0.25) is 0 Å². The van der Waals surface area contributed by atoms with Crippen LogP contribution in [0.25, 0.3) is 11.0 Å². The van der Waals surface area contributed by atoms with Crippen molar-refractivity contribution in [3.05, 3.63) is 59.4 Å². The zero-order valence-corrected chi connectivity index (χ0v) is 16.2. The van der Waals surface area contributed by atoms with Crippen molar-refractivity contribution >= 4 is 28.7 Å². The van der Waals surface area contributed by atoms with Gasteiger partial charge in [-0.2, -0.15) is 0 Å². The van der Waals surface area contributed by atoms with Gasteiger partial charge >= 0.3 is 6.03 Å². The minimum absolute atomic E-state index is 0.133. The number of imidazole rings is 1. The zero-order valence-electron chi connectivity index (χ0n) is 15.5. The summed E-state index contributed by atoms with van der Waals surface area (Å²) in [4.78, 5) is 18.4. The van der Waals surface area contributed by atoms with Crippen molar-refractivity contribution in [2.75, 3.05) is 26.7 Å². The van der Waals surface area contributed by atoms with Gasteiger partial charge in [0.05, 0.1) is 17.6 Å². The van der Waals surface area contributed by atoms with Crippen molar-refractivity contribution < 1.29 is 9.53 Å². The molecule has 0 radical (unpaired) electrons. The number of hydrogen-bond donors (Lipinski definition) is 1. The summed E-state index contributed by atoms with van der Waals surface area (Å²) in [7, 11) is 1.74. The Labute approximate surface area is 163 Å². The molecule has 0 aliphatic carbocycles. The van der Waals surface area contributed by atoms with Gasteiger partial charge in [0.15, 0.2) is 0 Å². The first kappa shape index (κ1) is 19.0. The summed E-state index contributed by atoms with van der Waals surface area (Å²) in [6, 6.07) is 15.1. The van der Waals surface area contributed by atoms with Crippen LogP contribution in [0.5, 0.6) is 5.75 Å². The molecule has 27 heavy (non-hydrogen) atoms. The van der Waals surface area contributed by atoms with E-state index in [4.69, 9.17) is 16.3 Å². The molecule has 3 rings (SSSR count). The maximum atomic E-state index is 12.2. The predicted molar refractivity (Wildman–Crippen MR) is 107 cm³/mol. The number of urea groups is 1.